The zero-order valence-electron chi connectivity index (χ0n) is 6.38. The van der Waals surface area contributed by atoms with Gasteiger partial charge in [-0.3, -0.25) is 4.79 Å². The number of carbonyl (C=O) groups excluding carboxylic acids is 1. The van der Waals surface area contributed by atoms with Crippen LogP contribution in [0.25, 0.3) is 10.4 Å². The van der Waals surface area contributed by atoms with Crippen LogP contribution in [-0.4, -0.2) is 34.5 Å². The van der Waals surface area contributed by atoms with Crippen LogP contribution in [0.1, 0.15) is 6.42 Å². The summed E-state index contributed by atoms with van der Waals surface area (Å²) in [6, 6.07) is 0. The molecule has 0 aromatic rings. The Labute approximate surface area is 73.7 Å². The maximum Gasteiger partial charge on any atom is 0.226 e. The Bertz CT molecular complexity index is 262. The Kier molecular flexibility index (Phi) is 1.86. The van der Waals surface area contributed by atoms with Crippen LogP contribution >= 0.6 is 11.8 Å². The second kappa shape index (κ2) is 2.88. The number of amides is 1. The summed E-state index contributed by atoms with van der Waals surface area (Å²) in [5.74, 6) is 0.232. The molecule has 0 bridgehead atoms. The Balaban J connectivity index is 1.90. The molecule has 5 nitrogen and oxygen atoms in total. The smallest absolute Gasteiger partial charge is 0.226 e. The van der Waals surface area contributed by atoms with Crippen molar-refractivity contribution < 1.29 is 4.79 Å². The first-order valence-corrected chi connectivity index (χ1v) is 4.71. The quantitative estimate of drug-likeness (QED) is 0.278. The number of thioether (sulfide) groups is 1. The van der Waals surface area contributed by atoms with E-state index in [4.69, 9.17) is 5.53 Å². The summed E-state index contributed by atoms with van der Waals surface area (Å²) in [5.41, 5.74) is 8.09. The molecular formula is C6H8N4OS. The molecule has 2 heterocycles. The molecule has 2 saturated heterocycles. The van der Waals surface area contributed by atoms with E-state index in [-0.39, 0.29) is 5.91 Å². The van der Waals surface area contributed by atoms with E-state index in [9.17, 15) is 4.79 Å². The van der Waals surface area contributed by atoms with E-state index in [0.717, 1.165) is 6.54 Å². The molecule has 0 radical (unpaired) electrons. The number of hydrogen-bond acceptors (Lipinski definition) is 3. The van der Waals surface area contributed by atoms with Crippen molar-refractivity contribution in [1.82, 2.24) is 4.90 Å². The van der Waals surface area contributed by atoms with Crippen LogP contribution in [0.2, 0.25) is 0 Å². The van der Waals surface area contributed by atoms with Crippen molar-refractivity contribution in [1.29, 1.82) is 0 Å². The summed E-state index contributed by atoms with van der Waals surface area (Å²) in [4.78, 5) is 15.5. The first kappa shape index (κ1) is 7.76. The second-order valence-electron chi connectivity index (χ2n) is 2.88. The molecule has 6 heteroatoms. The van der Waals surface area contributed by atoms with Crippen molar-refractivity contribution in [3.63, 3.8) is 0 Å². The van der Waals surface area contributed by atoms with Crippen molar-refractivity contribution in [2.75, 3.05) is 13.1 Å². The van der Waals surface area contributed by atoms with Gasteiger partial charge in [0.1, 0.15) is 0 Å². The fraction of sp³-hybridized carbons (Fsp3) is 0.833. The minimum absolute atomic E-state index is 0.232. The number of β-lactam (4-membered cyclic amide) rings is 1. The van der Waals surface area contributed by atoms with Gasteiger partial charge in [-0.15, -0.1) is 11.8 Å². The second-order valence-corrected chi connectivity index (χ2v) is 4.36. The fourth-order valence-electron chi connectivity index (χ4n) is 1.48. The molecule has 0 aromatic heterocycles. The van der Waals surface area contributed by atoms with Gasteiger partial charge >= 0.3 is 0 Å². The van der Waals surface area contributed by atoms with Gasteiger partial charge in [0.2, 0.25) is 5.91 Å². The SMILES string of the molecule is [N-]=[N+]=NCC1CN2C(=O)CC2S1. The normalized spacial score (nSPS) is 32.3. The maximum atomic E-state index is 10.9. The van der Waals surface area contributed by atoms with E-state index in [2.05, 4.69) is 10.0 Å². The van der Waals surface area contributed by atoms with Crippen molar-refractivity contribution in [2.24, 2.45) is 5.11 Å². The highest BCUT2D eigenvalue weighted by Gasteiger charge is 2.44. The van der Waals surface area contributed by atoms with Crippen LogP contribution in [0.5, 0.6) is 0 Å². The third-order valence-electron chi connectivity index (χ3n) is 2.12. The van der Waals surface area contributed by atoms with Gasteiger partial charge in [-0.05, 0) is 5.53 Å². The number of nitrogens with zero attached hydrogens (tertiary/aromatic N) is 4. The summed E-state index contributed by atoms with van der Waals surface area (Å²) >= 11 is 1.74. The topological polar surface area (TPSA) is 69.1 Å². The molecule has 12 heavy (non-hydrogen) atoms. The highest BCUT2D eigenvalue weighted by Crippen LogP contribution is 2.39. The molecular weight excluding hydrogens is 176 g/mol. The minimum Gasteiger partial charge on any atom is -0.329 e. The average molecular weight is 184 g/mol. The minimum atomic E-state index is 0.232. The molecule has 0 aliphatic carbocycles. The van der Waals surface area contributed by atoms with E-state index >= 15 is 0 Å². The van der Waals surface area contributed by atoms with E-state index in [1.54, 1.807) is 11.8 Å². The Hall–Kier alpha value is -0.870. The number of carbonyl (C=O) groups is 1. The Morgan fingerprint density at radius 3 is 3.25 bits per heavy atom. The van der Waals surface area contributed by atoms with Crippen LogP contribution in [0.3, 0.4) is 0 Å². The van der Waals surface area contributed by atoms with E-state index in [1.165, 1.54) is 0 Å². The molecule has 2 rings (SSSR count). The molecule has 0 saturated carbocycles. The molecule has 2 atom stereocenters. The Morgan fingerprint density at radius 1 is 1.83 bits per heavy atom. The van der Waals surface area contributed by atoms with Gasteiger partial charge in [-0.2, -0.15) is 0 Å². The maximum absolute atomic E-state index is 10.9. The highest BCUT2D eigenvalue weighted by atomic mass is 32.2. The van der Waals surface area contributed by atoms with Crippen molar-refractivity contribution in [2.45, 2.75) is 17.0 Å². The number of fused-ring (bicyclic) bond motifs is 1. The van der Waals surface area contributed by atoms with E-state index < -0.39 is 0 Å². The lowest BCUT2D eigenvalue weighted by Gasteiger charge is -2.32. The largest absolute Gasteiger partial charge is 0.329 e. The number of hydrogen-bond donors (Lipinski definition) is 0. The molecule has 2 aliphatic rings. The lowest BCUT2D eigenvalue weighted by atomic mass is 10.2. The summed E-state index contributed by atoms with van der Waals surface area (Å²) in [6.45, 7) is 1.26. The zero-order valence-corrected chi connectivity index (χ0v) is 7.20. The summed E-state index contributed by atoms with van der Waals surface area (Å²) < 4.78 is 0. The van der Waals surface area contributed by atoms with Crippen LogP contribution in [0, 0.1) is 0 Å². The van der Waals surface area contributed by atoms with Crippen LogP contribution in [-0.2, 0) is 4.79 Å². The van der Waals surface area contributed by atoms with Gasteiger partial charge in [0.25, 0.3) is 0 Å². The highest BCUT2D eigenvalue weighted by molar-refractivity contribution is 8.00. The van der Waals surface area contributed by atoms with Gasteiger partial charge < -0.3 is 4.90 Å². The van der Waals surface area contributed by atoms with Gasteiger partial charge in [-0.25, -0.2) is 0 Å². The molecule has 2 fully saturated rings. The zero-order chi connectivity index (χ0) is 8.55. The van der Waals surface area contributed by atoms with Crippen molar-refractivity contribution >= 4 is 17.7 Å². The van der Waals surface area contributed by atoms with Gasteiger partial charge in [0.05, 0.1) is 11.8 Å². The number of azide groups is 1. The molecule has 64 valence electrons. The molecule has 0 N–H and O–H groups in total. The predicted octanol–water partition coefficient (Wildman–Crippen LogP) is 0.971. The molecule has 2 unspecified atom stereocenters. The van der Waals surface area contributed by atoms with Crippen LogP contribution < -0.4 is 0 Å². The monoisotopic (exact) mass is 184 g/mol. The van der Waals surface area contributed by atoms with E-state index in [1.807, 2.05) is 4.90 Å². The third-order valence-corrected chi connectivity index (χ3v) is 3.53. The number of rotatable bonds is 2. The fourth-order valence-corrected chi connectivity index (χ4v) is 2.91. The molecule has 1 amide bonds. The van der Waals surface area contributed by atoms with E-state index in [0.29, 0.717) is 23.6 Å². The molecule has 0 spiro atoms. The van der Waals surface area contributed by atoms with Crippen molar-refractivity contribution in [3.05, 3.63) is 10.4 Å². The standard InChI is InChI=1S/C6H8N4OS/c7-9-8-2-4-3-10-5(11)1-6(10)12-4/h4,6H,1-3H2. The lowest BCUT2D eigenvalue weighted by molar-refractivity contribution is -0.140. The summed E-state index contributed by atoms with van der Waals surface area (Å²) in [5, 5.41) is 4.19. The predicted molar refractivity (Wildman–Crippen MR) is 45.5 cm³/mol. The lowest BCUT2D eigenvalue weighted by Crippen LogP contribution is -2.47. The first-order valence-electron chi connectivity index (χ1n) is 3.77. The van der Waals surface area contributed by atoms with Gasteiger partial charge in [0, 0.05) is 23.3 Å². The van der Waals surface area contributed by atoms with Crippen LogP contribution in [0.4, 0.5) is 0 Å². The van der Waals surface area contributed by atoms with Gasteiger partial charge in [0.15, 0.2) is 0 Å². The molecule has 0 aromatic carbocycles. The first-order chi connectivity index (χ1) is 5.81. The molecule has 2 aliphatic heterocycles. The van der Waals surface area contributed by atoms with Crippen molar-refractivity contribution in [3.8, 4) is 0 Å². The third kappa shape index (κ3) is 1.13. The average Bonchev–Trinajstić information content (AvgIpc) is 2.39. The van der Waals surface area contributed by atoms with Gasteiger partial charge in [-0.1, -0.05) is 5.11 Å². The Morgan fingerprint density at radius 2 is 2.67 bits per heavy atom. The summed E-state index contributed by atoms with van der Waals surface area (Å²) in [6.07, 6.45) is 0.664. The summed E-state index contributed by atoms with van der Waals surface area (Å²) in [7, 11) is 0. The van der Waals surface area contributed by atoms with Crippen LogP contribution in [0.15, 0.2) is 5.11 Å².